The molecule has 1 amide bonds. The predicted molar refractivity (Wildman–Crippen MR) is 76.8 cm³/mol. The molecule has 0 aliphatic carbocycles. The van der Waals surface area contributed by atoms with Gasteiger partial charge in [-0.1, -0.05) is 0 Å². The number of rotatable bonds is 3. The van der Waals surface area contributed by atoms with E-state index in [0.29, 0.717) is 27.1 Å². The first-order valence-corrected chi connectivity index (χ1v) is 6.46. The molecule has 20 heavy (non-hydrogen) atoms. The van der Waals surface area contributed by atoms with Crippen LogP contribution in [0.2, 0.25) is 0 Å². The molecule has 1 aromatic heterocycles. The highest BCUT2D eigenvalue weighted by atomic mass is 79.9. The minimum Gasteiger partial charge on any atom is -0.322 e. The van der Waals surface area contributed by atoms with Crippen LogP contribution in [0.25, 0.3) is 0 Å². The summed E-state index contributed by atoms with van der Waals surface area (Å²) in [6.45, 7) is 3.45. The van der Waals surface area contributed by atoms with Crippen LogP contribution in [0.15, 0.2) is 22.7 Å². The Morgan fingerprint density at radius 1 is 1.45 bits per heavy atom. The van der Waals surface area contributed by atoms with E-state index < -0.39 is 4.92 Å². The molecule has 1 aromatic carbocycles. The van der Waals surface area contributed by atoms with Gasteiger partial charge in [0.25, 0.3) is 11.6 Å². The Bertz CT molecular complexity index is 677. The number of amides is 1. The first kappa shape index (κ1) is 14.2. The maximum atomic E-state index is 12.1. The Morgan fingerprint density at radius 2 is 2.15 bits per heavy atom. The molecule has 2 N–H and O–H groups in total. The van der Waals surface area contributed by atoms with Gasteiger partial charge in [0.15, 0.2) is 0 Å². The summed E-state index contributed by atoms with van der Waals surface area (Å²) in [6, 6.07) is 4.40. The Labute approximate surface area is 122 Å². The number of aryl methyl sites for hydroxylation is 2. The van der Waals surface area contributed by atoms with Gasteiger partial charge in [-0.3, -0.25) is 20.0 Å². The van der Waals surface area contributed by atoms with E-state index in [1.54, 1.807) is 19.9 Å². The van der Waals surface area contributed by atoms with Crippen LogP contribution in [0.5, 0.6) is 0 Å². The zero-order valence-corrected chi connectivity index (χ0v) is 12.3. The van der Waals surface area contributed by atoms with Crippen molar-refractivity contribution < 1.29 is 9.72 Å². The number of hydrogen-bond acceptors (Lipinski definition) is 4. The topological polar surface area (TPSA) is 101 Å². The first-order chi connectivity index (χ1) is 9.40. The highest BCUT2D eigenvalue weighted by Crippen LogP contribution is 2.28. The Kier molecular flexibility index (Phi) is 3.84. The number of nitro groups is 1. The highest BCUT2D eigenvalue weighted by molar-refractivity contribution is 9.10. The molecule has 0 saturated heterocycles. The number of carbonyl (C=O) groups excluding carboxylic acids is 1. The molecule has 7 nitrogen and oxygen atoms in total. The second kappa shape index (κ2) is 5.41. The molecule has 2 rings (SSSR count). The SMILES string of the molecule is Cc1n[nH]c(C)c1C(=O)Nc1ccc(Br)c([N+](=O)[O-])c1. The summed E-state index contributed by atoms with van der Waals surface area (Å²) in [5, 5.41) is 20.1. The number of benzene rings is 1. The summed E-state index contributed by atoms with van der Waals surface area (Å²) in [5.74, 6) is -0.356. The average molecular weight is 339 g/mol. The van der Waals surface area contributed by atoms with Gasteiger partial charge in [0.1, 0.15) is 0 Å². The minimum absolute atomic E-state index is 0.108. The smallest absolute Gasteiger partial charge is 0.285 e. The summed E-state index contributed by atoms with van der Waals surface area (Å²) in [5.41, 5.74) is 1.90. The van der Waals surface area contributed by atoms with Crippen molar-refractivity contribution in [1.82, 2.24) is 10.2 Å². The lowest BCUT2D eigenvalue weighted by molar-refractivity contribution is -0.385. The van der Waals surface area contributed by atoms with Gasteiger partial charge in [-0.25, -0.2) is 0 Å². The molecule has 0 unspecified atom stereocenters. The fourth-order valence-electron chi connectivity index (χ4n) is 1.81. The van der Waals surface area contributed by atoms with E-state index in [1.165, 1.54) is 12.1 Å². The van der Waals surface area contributed by atoms with E-state index in [-0.39, 0.29) is 11.6 Å². The number of hydrogen-bond donors (Lipinski definition) is 2. The largest absolute Gasteiger partial charge is 0.322 e. The molecule has 2 aromatic rings. The molecule has 0 bridgehead atoms. The van der Waals surface area contributed by atoms with E-state index >= 15 is 0 Å². The van der Waals surface area contributed by atoms with Crippen LogP contribution in [0.4, 0.5) is 11.4 Å². The normalized spacial score (nSPS) is 10.3. The van der Waals surface area contributed by atoms with Crippen LogP contribution < -0.4 is 5.32 Å². The lowest BCUT2D eigenvalue weighted by Crippen LogP contribution is -2.13. The van der Waals surface area contributed by atoms with E-state index in [9.17, 15) is 14.9 Å². The Hall–Kier alpha value is -2.22. The molecule has 0 atom stereocenters. The number of aromatic nitrogens is 2. The molecule has 0 saturated carbocycles. The second-order valence-corrected chi connectivity index (χ2v) is 5.04. The van der Waals surface area contributed by atoms with Gasteiger partial charge in [-0.2, -0.15) is 5.10 Å². The zero-order chi connectivity index (χ0) is 14.9. The molecular formula is C12H11BrN4O3. The monoisotopic (exact) mass is 338 g/mol. The number of H-pyrrole nitrogens is 1. The average Bonchev–Trinajstić information content (AvgIpc) is 2.71. The minimum atomic E-state index is -0.520. The van der Waals surface area contributed by atoms with Crippen LogP contribution in [0.1, 0.15) is 21.7 Å². The quantitative estimate of drug-likeness (QED) is 0.663. The van der Waals surface area contributed by atoms with E-state index in [1.807, 2.05) is 0 Å². The number of aromatic amines is 1. The van der Waals surface area contributed by atoms with Crippen LogP contribution in [-0.2, 0) is 0 Å². The maximum Gasteiger partial charge on any atom is 0.285 e. The van der Waals surface area contributed by atoms with Gasteiger partial charge in [-0.05, 0) is 41.9 Å². The molecular weight excluding hydrogens is 328 g/mol. The van der Waals surface area contributed by atoms with Crippen molar-refractivity contribution in [2.45, 2.75) is 13.8 Å². The van der Waals surface area contributed by atoms with Crippen molar-refractivity contribution in [2.75, 3.05) is 5.32 Å². The number of anilines is 1. The summed E-state index contributed by atoms with van der Waals surface area (Å²) >= 11 is 3.09. The van der Waals surface area contributed by atoms with Crippen molar-refractivity contribution in [3.8, 4) is 0 Å². The summed E-state index contributed by atoms with van der Waals surface area (Å²) < 4.78 is 0.358. The van der Waals surface area contributed by atoms with E-state index in [4.69, 9.17) is 0 Å². The van der Waals surface area contributed by atoms with E-state index in [2.05, 4.69) is 31.4 Å². The number of carbonyl (C=O) groups is 1. The van der Waals surface area contributed by atoms with Crippen molar-refractivity contribution >= 4 is 33.2 Å². The second-order valence-electron chi connectivity index (χ2n) is 4.19. The number of nitro benzene ring substituents is 1. The first-order valence-electron chi connectivity index (χ1n) is 5.67. The lowest BCUT2D eigenvalue weighted by atomic mass is 10.2. The van der Waals surface area contributed by atoms with Gasteiger partial charge in [0.2, 0.25) is 0 Å². The molecule has 1 heterocycles. The van der Waals surface area contributed by atoms with Crippen molar-refractivity contribution in [3.05, 3.63) is 49.7 Å². The number of nitrogens with one attached hydrogen (secondary N) is 2. The number of nitrogens with zero attached hydrogens (tertiary/aromatic N) is 2. The van der Waals surface area contributed by atoms with Crippen molar-refractivity contribution in [1.29, 1.82) is 0 Å². The molecule has 0 spiro atoms. The summed E-state index contributed by atoms with van der Waals surface area (Å²) in [6.07, 6.45) is 0. The van der Waals surface area contributed by atoms with Gasteiger partial charge in [0, 0.05) is 17.4 Å². The molecule has 8 heteroatoms. The third kappa shape index (κ3) is 2.69. The lowest BCUT2D eigenvalue weighted by Gasteiger charge is -2.06. The third-order valence-electron chi connectivity index (χ3n) is 2.76. The van der Waals surface area contributed by atoms with Crippen molar-refractivity contribution in [3.63, 3.8) is 0 Å². The fraction of sp³-hybridized carbons (Fsp3) is 0.167. The zero-order valence-electron chi connectivity index (χ0n) is 10.7. The van der Waals surface area contributed by atoms with Gasteiger partial charge in [0.05, 0.1) is 20.7 Å². The highest BCUT2D eigenvalue weighted by Gasteiger charge is 2.17. The fourth-order valence-corrected chi connectivity index (χ4v) is 2.20. The third-order valence-corrected chi connectivity index (χ3v) is 3.43. The standard InChI is InChI=1S/C12H11BrN4O3/c1-6-11(7(2)16-15-6)12(18)14-8-3-4-9(13)10(5-8)17(19)20/h3-5H,1-2H3,(H,14,18)(H,15,16). The maximum absolute atomic E-state index is 12.1. The van der Waals surface area contributed by atoms with Gasteiger partial charge < -0.3 is 5.32 Å². The Balaban J connectivity index is 2.29. The molecule has 0 fully saturated rings. The Morgan fingerprint density at radius 3 is 2.70 bits per heavy atom. The molecule has 0 aliphatic heterocycles. The van der Waals surface area contributed by atoms with Gasteiger partial charge >= 0.3 is 0 Å². The summed E-state index contributed by atoms with van der Waals surface area (Å²) in [7, 11) is 0. The van der Waals surface area contributed by atoms with Crippen LogP contribution in [0.3, 0.4) is 0 Å². The molecule has 0 radical (unpaired) electrons. The van der Waals surface area contributed by atoms with E-state index in [0.717, 1.165) is 0 Å². The summed E-state index contributed by atoms with van der Waals surface area (Å²) in [4.78, 5) is 22.5. The van der Waals surface area contributed by atoms with Crippen LogP contribution in [-0.4, -0.2) is 21.0 Å². The van der Waals surface area contributed by atoms with Crippen molar-refractivity contribution in [2.24, 2.45) is 0 Å². The number of halogens is 1. The van der Waals surface area contributed by atoms with Gasteiger partial charge in [-0.15, -0.1) is 0 Å². The molecule has 104 valence electrons. The van der Waals surface area contributed by atoms with Crippen LogP contribution >= 0.6 is 15.9 Å². The predicted octanol–water partition coefficient (Wildman–Crippen LogP) is 2.95. The van der Waals surface area contributed by atoms with Crippen LogP contribution in [0, 0.1) is 24.0 Å². The molecule has 0 aliphatic rings.